The summed E-state index contributed by atoms with van der Waals surface area (Å²) in [6.45, 7) is 0. The summed E-state index contributed by atoms with van der Waals surface area (Å²) >= 11 is 0. The maximum Gasteiger partial charge on any atom is 0.265 e. The summed E-state index contributed by atoms with van der Waals surface area (Å²) in [5.41, 5.74) is 2.50. The van der Waals surface area contributed by atoms with Gasteiger partial charge in [0.15, 0.2) is 6.29 Å². The lowest BCUT2D eigenvalue weighted by atomic mass is 10.0. The molecular formula is C9H7N3O2. The Bertz CT molecular complexity index is 421. The highest BCUT2D eigenvalue weighted by Gasteiger charge is 2.10. The highest BCUT2D eigenvalue weighted by molar-refractivity contribution is 6.01. The first-order valence-corrected chi connectivity index (χ1v) is 3.73. The van der Waals surface area contributed by atoms with Gasteiger partial charge >= 0.3 is 0 Å². The Kier molecular flexibility index (Phi) is 2.94. The number of nitriles is 1. The molecule has 0 fully saturated rings. The summed E-state index contributed by atoms with van der Waals surface area (Å²) in [5, 5.41) is 8.58. The first-order valence-electron chi connectivity index (χ1n) is 3.73. The quantitative estimate of drug-likeness (QED) is 0.295. The van der Waals surface area contributed by atoms with Crippen molar-refractivity contribution in [3.63, 3.8) is 0 Å². The molecule has 14 heavy (non-hydrogen) atoms. The smallest absolute Gasteiger partial charge is 0.265 e. The highest BCUT2D eigenvalue weighted by Crippen LogP contribution is 2.09. The Hall–Kier alpha value is -2.19. The molecular weight excluding hydrogens is 182 g/mol. The first kappa shape index (κ1) is 9.89. The average molecular weight is 189 g/mol. The van der Waals surface area contributed by atoms with Crippen LogP contribution in [0.2, 0.25) is 0 Å². The Balaban J connectivity index is 3.30. The number of hydrazine groups is 1. The number of nitrogens with zero attached hydrogens (tertiary/aromatic N) is 1. The van der Waals surface area contributed by atoms with E-state index in [0.29, 0.717) is 11.8 Å². The van der Waals surface area contributed by atoms with E-state index in [0.717, 1.165) is 0 Å². The summed E-state index contributed by atoms with van der Waals surface area (Å²) in [4.78, 5) is 21.7. The van der Waals surface area contributed by atoms with E-state index in [1.807, 2.05) is 11.5 Å². The van der Waals surface area contributed by atoms with Crippen molar-refractivity contribution >= 4 is 12.2 Å². The topological polar surface area (TPSA) is 96.0 Å². The van der Waals surface area contributed by atoms with Crippen LogP contribution < -0.4 is 11.3 Å². The lowest BCUT2D eigenvalue weighted by molar-refractivity contribution is 0.0948. The predicted molar refractivity (Wildman–Crippen MR) is 48.2 cm³/mol. The third-order valence-corrected chi connectivity index (χ3v) is 1.69. The van der Waals surface area contributed by atoms with Crippen molar-refractivity contribution in [2.75, 3.05) is 0 Å². The van der Waals surface area contributed by atoms with Crippen LogP contribution in [0.5, 0.6) is 0 Å². The van der Waals surface area contributed by atoms with Crippen LogP contribution in [0, 0.1) is 11.3 Å². The molecule has 0 radical (unpaired) electrons. The van der Waals surface area contributed by atoms with Crippen LogP contribution in [0.1, 0.15) is 26.3 Å². The van der Waals surface area contributed by atoms with E-state index in [-0.39, 0.29) is 11.1 Å². The van der Waals surface area contributed by atoms with E-state index in [4.69, 9.17) is 11.1 Å². The molecule has 0 aliphatic rings. The van der Waals surface area contributed by atoms with Crippen LogP contribution in [0.25, 0.3) is 0 Å². The zero-order chi connectivity index (χ0) is 10.6. The summed E-state index contributed by atoms with van der Waals surface area (Å²) in [6, 6.07) is 6.03. The minimum atomic E-state index is -0.593. The lowest BCUT2D eigenvalue weighted by Crippen LogP contribution is -2.30. The number of hydrogen-bond acceptors (Lipinski definition) is 4. The van der Waals surface area contributed by atoms with Gasteiger partial charge in [-0.25, -0.2) is 5.84 Å². The molecule has 0 unspecified atom stereocenters. The summed E-state index contributed by atoms with van der Waals surface area (Å²) in [5.74, 6) is 4.33. The maximum absolute atomic E-state index is 11.2. The molecule has 0 aromatic heterocycles. The van der Waals surface area contributed by atoms with Gasteiger partial charge in [-0.15, -0.1) is 0 Å². The van der Waals surface area contributed by atoms with Gasteiger partial charge in [0.25, 0.3) is 5.91 Å². The number of benzene rings is 1. The average Bonchev–Trinajstić information content (AvgIpc) is 2.27. The molecule has 0 heterocycles. The molecule has 0 bridgehead atoms. The Labute approximate surface area is 80.1 Å². The Morgan fingerprint density at radius 3 is 2.79 bits per heavy atom. The van der Waals surface area contributed by atoms with Crippen LogP contribution in [-0.2, 0) is 0 Å². The molecule has 1 aromatic rings. The molecule has 0 saturated carbocycles. The van der Waals surface area contributed by atoms with Crippen molar-refractivity contribution in [2.45, 2.75) is 0 Å². The van der Waals surface area contributed by atoms with Crippen LogP contribution in [-0.4, -0.2) is 12.2 Å². The molecule has 0 saturated heterocycles. The van der Waals surface area contributed by atoms with Gasteiger partial charge in [0.05, 0.1) is 17.2 Å². The van der Waals surface area contributed by atoms with E-state index >= 15 is 0 Å². The van der Waals surface area contributed by atoms with Crippen molar-refractivity contribution in [3.05, 3.63) is 34.9 Å². The Morgan fingerprint density at radius 1 is 1.57 bits per heavy atom. The van der Waals surface area contributed by atoms with E-state index in [2.05, 4.69) is 0 Å². The molecule has 0 atom stereocenters. The molecule has 0 aliphatic heterocycles. The Morgan fingerprint density at radius 2 is 2.29 bits per heavy atom. The number of hydrogen-bond donors (Lipinski definition) is 2. The molecule has 5 heteroatoms. The van der Waals surface area contributed by atoms with Crippen LogP contribution in [0.4, 0.5) is 0 Å². The van der Waals surface area contributed by atoms with Crippen LogP contribution in [0.3, 0.4) is 0 Å². The van der Waals surface area contributed by atoms with Gasteiger partial charge < -0.3 is 0 Å². The minimum absolute atomic E-state index is 0.0987. The predicted octanol–water partition coefficient (Wildman–Crippen LogP) is -0.0257. The molecule has 0 spiro atoms. The fraction of sp³-hybridized carbons (Fsp3) is 0. The minimum Gasteiger partial charge on any atom is -0.298 e. The molecule has 1 amide bonds. The van der Waals surface area contributed by atoms with Crippen molar-refractivity contribution < 1.29 is 9.59 Å². The zero-order valence-electron chi connectivity index (χ0n) is 7.15. The molecule has 5 nitrogen and oxygen atoms in total. The SMILES string of the molecule is N#Cc1ccc(C=O)c(C(=O)NN)c1. The monoisotopic (exact) mass is 189 g/mol. The van der Waals surface area contributed by atoms with E-state index in [9.17, 15) is 9.59 Å². The third-order valence-electron chi connectivity index (χ3n) is 1.69. The molecule has 0 aliphatic carbocycles. The summed E-state index contributed by atoms with van der Waals surface area (Å²) < 4.78 is 0. The highest BCUT2D eigenvalue weighted by atomic mass is 16.2. The molecule has 1 rings (SSSR count). The normalized spacial score (nSPS) is 8.86. The molecule has 70 valence electrons. The van der Waals surface area contributed by atoms with Crippen molar-refractivity contribution in [1.29, 1.82) is 5.26 Å². The number of carbonyl (C=O) groups excluding carboxylic acids is 2. The third kappa shape index (κ3) is 1.76. The maximum atomic E-state index is 11.2. The standard InChI is InChI=1S/C9H7N3O2/c10-4-6-1-2-7(5-13)8(3-6)9(14)12-11/h1-3,5H,11H2,(H,12,14). The van der Waals surface area contributed by atoms with Gasteiger partial charge in [0.2, 0.25) is 0 Å². The van der Waals surface area contributed by atoms with Crippen molar-refractivity contribution in [2.24, 2.45) is 5.84 Å². The van der Waals surface area contributed by atoms with Gasteiger partial charge in [0.1, 0.15) is 0 Å². The second-order valence-electron chi connectivity index (χ2n) is 2.51. The largest absolute Gasteiger partial charge is 0.298 e. The number of carbonyl (C=O) groups is 2. The van der Waals surface area contributed by atoms with Crippen molar-refractivity contribution in [1.82, 2.24) is 5.43 Å². The summed E-state index contributed by atoms with van der Waals surface area (Å²) in [7, 11) is 0. The van der Waals surface area contributed by atoms with Crippen LogP contribution in [0.15, 0.2) is 18.2 Å². The van der Waals surface area contributed by atoms with Crippen molar-refractivity contribution in [3.8, 4) is 6.07 Å². The van der Waals surface area contributed by atoms with E-state index in [1.54, 1.807) is 0 Å². The second-order valence-corrected chi connectivity index (χ2v) is 2.51. The fourth-order valence-electron chi connectivity index (χ4n) is 1.00. The number of nitrogen functional groups attached to an aromatic ring is 1. The van der Waals surface area contributed by atoms with Gasteiger partial charge in [-0.1, -0.05) is 0 Å². The lowest BCUT2D eigenvalue weighted by Gasteiger charge is -2.02. The number of aldehydes is 1. The molecule has 3 N–H and O–H groups in total. The van der Waals surface area contributed by atoms with Gasteiger partial charge in [-0.05, 0) is 18.2 Å². The number of amides is 1. The zero-order valence-corrected chi connectivity index (χ0v) is 7.15. The number of nitrogens with one attached hydrogen (secondary N) is 1. The van der Waals surface area contributed by atoms with E-state index in [1.165, 1.54) is 18.2 Å². The number of rotatable bonds is 2. The summed E-state index contributed by atoms with van der Waals surface area (Å²) in [6.07, 6.45) is 0.533. The van der Waals surface area contributed by atoms with Gasteiger partial charge in [-0.2, -0.15) is 5.26 Å². The van der Waals surface area contributed by atoms with E-state index < -0.39 is 5.91 Å². The fourth-order valence-corrected chi connectivity index (χ4v) is 1.00. The molecule has 1 aromatic carbocycles. The second kappa shape index (κ2) is 4.16. The van der Waals surface area contributed by atoms with Crippen LogP contribution >= 0.6 is 0 Å². The van der Waals surface area contributed by atoms with Gasteiger partial charge in [-0.3, -0.25) is 15.0 Å². The first-order chi connectivity index (χ1) is 6.72. The van der Waals surface area contributed by atoms with Gasteiger partial charge in [0, 0.05) is 5.56 Å². The number of nitrogens with two attached hydrogens (primary N) is 1.